The summed E-state index contributed by atoms with van der Waals surface area (Å²) in [5.41, 5.74) is 1.81. The van der Waals surface area contributed by atoms with E-state index in [2.05, 4.69) is 4.98 Å². The minimum absolute atomic E-state index is 0.701. The van der Waals surface area contributed by atoms with Gasteiger partial charge in [0.05, 0.1) is 18.6 Å². The highest BCUT2D eigenvalue weighted by atomic mass is 16.1. The van der Waals surface area contributed by atoms with Crippen molar-refractivity contribution < 1.29 is 4.79 Å². The van der Waals surface area contributed by atoms with Crippen molar-refractivity contribution in [1.82, 2.24) is 14.1 Å². The van der Waals surface area contributed by atoms with Gasteiger partial charge in [-0.3, -0.25) is 4.79 Å². The van der Waals surface area contributed by atoms with E-state index in [1.807, 2.05) is 34.8 Å². The number of carbonyl (C=O) groups is 1. The standard InChI is InChI=1S/C10H11N3O/c1-12-8-11-4-10(12)6-13-3-2-9(5-13)7-14/h2-5,7-8H,6H2,1H3. The molecule has 4 heteroatoms. The maximum Gasteiger partial charge on any atom is 0.151 e. The molecule has 0 N–H and O–H groups in total. The number of nitrogens with zero attached hydrogens (tertiary/aromatic N) is 3. The molecule has 0 aliphatic rings. The van der Waals surface area contributed by atoms with Gasteiger partial charge in [-0.1, -0.05) is 0 Å². The zero-order chi connectivity index (χ0) is 9.97. The molecule has 0 atom stereocenters. The minimum atomic E-state index is 0.701. The van der Waals surface area contributed by atoms with Gasteiger partial charge in [0.1, 0.15) is 0 Å². The fourth-order valence-electron chi connectivity index (χ4n) is 1.35. The third kappa shape index (κ3) is 1.59. The van der Waals surface area contributed by atoms with Gasteiger partial charge in [-0.25, -0.2) is 4.98 Å². The predicted molar refractivity (Wildman–Crippen MR) is 52.1 cm³/mol. The van der Waals surface area contributed by atoms with Crippen molar-refractivity contribution in [3.05, 3.63) is 42.2 Å². The Morgan fingerprint density at radius 2 is 2.43 bits per heavy atom. The highest BCUT2D eigenvalue weighted by molar-refractivity contribution is 5.74. The van der Waals surface area contributed by atoms with Gasteiger partial charge in [-0.05, 0) is 6.07 Å². The van der Waals surface area contributed by atoms with Crippen LogP contribution in [0.2, 0.25) is 0 Å². The van der Waals surface area contributed by atoms with Gasteiger partial charge in [0.2, 0.25) is 0 Å². The van der Waals surface area contributed by atoms with Gasteiger partial charge in [0.15, 0.2) is 6.29 Å². The fourth-order valence-corrected chi connectivity index (χ4v) is 1.35. The molecule has 2 rings (SSSR count). The average molecular weight is 189 g/mol. The number of hydrogen-bond acceptors (Lipinski definition) is 2. The Hall–Kier alpha value is -1.84. The van der Waals surface area contributed by atoms with Crippen LogP contribution in [0.15, 0.2) is 31.0 Å². The summed E-state index contributed by atoms with van der Waals surface area (Å²) in [7, 11) is 1.95. The van der Waals surface area contributed by atoms with Crippen LogP contribution in [0.3, 0.4) is 0 Å². The van der Waals surface area contributed by atoms with Crippen LogP contribution in [0.25, 0.3) is 0 Å². The lowest BCUT2D eigenvalue weighted by molar-refractivity contribution is 0.112. The van der Waals surface area contributed by atoms with E-state index in [0.717, 1.165) is 18.5 Å². The van der Waals surface area contributed by atoms with Crippen LogP contribution in [0.4, 0.5) is 0 Å². The monoisotopic (exact) mass is 189 g/mol. The van der Waals surface area contributed by atoms with E-state index in [1.165, 1.54) is 0 Å². The summed E-state index contributed by atoms with van der Waals surface area (Å²) in [6.07, 6.45) is 8.14. The van der Waals surface area contributed by atoms with Crippen molar-refractivity contribution >= 4 is 6.29 Å². The summed E-state index contributed by atoms with van der Waals surface area (Å²) < 4.78 is 3.92. The van der Waals surface area contributed by atoms with Crippen LogP contribution >= 0.6 is 0 Å². The Morgan fingerprint density at radius 3 is 3.00 bits per heavy atom. The lowest BCUT2D eigenvalue weighted by Crippen LogP contribution is -2.01. The Kier molecular flexibility index (Phi) is 2.18. The summed E-state index contributed by atoms with van der Waals surface area (Å²) in [6.45, 7) is 0.740. The molecule has 2 aromatic rings. The topological polar surface area (TPSA) is 39.8 Å². The molecule has 0 aromatic carbocycles. The highest BCUT2D eigenvalue weighted by Gasteiger charge is 2.00. The zero-order valence-electron chi connectivity index (χ0n) is 7.92. The molecular formula is C10H11N3O. The maximum atomic E-state index is 10.5. The molecule has 0 saturated heterocycles. The molecule has 0 saturated carbocycles. The number of aromatic nitrogens is 3. The Labute approximate surface area is 81.8 Å². The molecule has 0 unspecified atom stereocenters. The SMILES string of the molecule is Cn1cncc1Cn1ccc(C=O)c1. The van der Waals surface area contributed by atoms with Gasteiger partial charge < -0.3 is 9.13 Å². The smallest absolute Gasteiger partial charge is 0.151 e. The average Bonchev–Trinajstić information content (AvgIpc) is 2.77. The van der Waals surface area contributed by atoms with Gasteiger partial charge in [-0.2, -0.15) is 0 Å². The number of aryl methyl sites for hydroxylation is 1. The Balaban J connectivity index is 2.18. The van der Waals surface area contributed by atoms with E-state index < -0.39 is 0 Å². The lowest BCUT2D eigenvalue weighted by Gasteiger charge is -2.02. The molecule has 0 radical (unpaired) electrons. The second-order valence-electron chi connectivity index (χ2n) is 3.23. The third-order valence-electron chi connectivity index (χ3n) is 2.17. The van der Waals surface area contributed by atoms with E-state index in [0.29, 0.717) is 5.56 Å². The lowest BCUT2D eigenvalue weighted by atomic mass is 10.4. The molecule has 14 heavy (non-hydrogen) atoms. The van der Waals surface area contributed by atoms with Crippen molar-refractivity contribution in [1.29, 1.82) is 0 Å². The first kappa shape index (κ1) is 8.74. The first-order chi connectivity index (χ1) is 6.79. The van der Waals surface area contributed by atoms with E-state index in [9.17, 15) is 4.79 Å². The van der Waals surface area contributed by atoms with E-state index in [-0.39, 0.29) is 0 Å². The maximum absolute atomic E-state index is 10.5. The molecule has 2 aromatic heterocycles. The number of aldehydes is 1. The van der Waals surface area contributed by atoms with Crippen LogP contribution in [0.1, 0.15) is 16.1 Å². The van der Waals surface area contributed by atoms with Crippen molar-refractivity contribution in [2.75, 3.05) is 0 Å². The minimum Gasteiger partial charge on any atom is -0.348 e. The second-order valence-corrected chi connectivity index (χ2v) is 3.23. The second kappa shape index (κ2) is 3.49. The van der Waals surface area contributed by atoms with Crippen LogP contribution < -0.4 is 0 Å². The van der Waals surface area contributed by atoms with E-state index in [1.54, 1.807) is 12.4 Å². The van der Waals surface area contributed by atoms with Gasteiger partial charge in [0.25, 0.3) is 0 Å². The van der Waals surface area contributed by atoms with Gasteiger partial charge >= 0.3 is 0 Å². The molecule has 0 spiro atoms. The Bertz CT molecular complexity index is 442. The molecule has 0 aliphatic heterocycles. The van der Waals surface area contributed by atoms with Crippen molar-refractivity contribution in [3.8, 4) is 0 Å². The quantitative estimate of drug-likeness (QED) is 0.678. The summed E-state index contributed by atoms with van der Waals surface area (Å²) in [4.78, 5) is 14.5. The predicted octanol–water partition coefficient (Wildman–Crippen LogP) is 1.08. The molecule has 0 bridgehead atoms. The largest absolute Gasteiger partial charge is 0.348 e. The molecule has 4 nitrogen and oxygen atoms in total. The van der Waals surface area contributed by atoms with Crippen LogP contribution in [0.5, 0.6) is 0 Å². The molecule has 0 fully saturated rings. The van der Waals surface area contributed by atoms with Crippen LogP contribution in [-0.2, 0) is 13.6 Å². The van der Waals surface area contributed by atoms with Crippen molar-refractivity contribution in [3.63, 3.8) is 0 Å². The number of carbonyl (C=O) groups excluding carboxylic acids is 1. The Morgan fingerprint density at radius 1 is 1.57 bits per heavy atom. The summed E-state index contributed by atoms with van der Waals surface area (Å²) in [5, 5.41) is 0. The normalized spacial score (nSPS) is 10.4. The van der Waals surface area contributed by atoms with Crippen molar-refractivity contribution in [2.24, 2.45) is 7.05 Å². The first-order valence-corrected chi connectivity index (χ1v) is 4.36. The molecular weight excluding hydrogens is 178 g/mol. The van der Waals surface area contributed by atoms with Crippen molar-refractivity contribution in [2.45, 2.75) is 6.54 Å². The third-order valence-corrected chi connectivity index (χ3v) is 2.17. The van der Waals surface area contributed by atoms with Gasteiger partial charge in [0, 0.05) is 31.2 Å². The van der Waals surface area contributed by atoms with E-state index in [4.69, 9.17) is 0 Å². The van der Waals surface area contributed by atoms with Gasteiger partial charge in [-0.15, -0.1) is 0 Å². The van der Waals surface area contributed by atoms with Crippen LogP contribution in [-0.4, -0.2) is 20.4 Å². The summed E-state index contributed by atoms with van der Waals surface area (Å²) in [6, 6.07) is 1.80. The molecule has 0 aliphatic carbocycles. The number of rotatable bonds is 3. The first-order valence-electron chi connectivity index (χ1n) is 4.36. The zero-order valence-corrected chi connectivity index (χ0v) is 7.92. The fraction of sp³-hybridized carbons (Fsp3) is 0.200. The number of imidazole rings is 1. The molecule has 2 heterocycles. The van der Waals surface area contributed by atoms with E-state index >= 15 is 0 Å². The summed E-state index contributed by atoms with van der Waals surface area (Å²) >= 11 is 0. The number of hydrogen-bond donors (Lipinski definition) is 0. The summed E-state index contributed by atoms with van der Waals surface area (Å²) in [5.74, 6) is 0. The van der Waals surface area contributed by atoms with Crippen LogP contribution in [0, 0.1) is 0 Å². The highest BCUT2D eigenvalue weighted by Crippen LogP contribution is 2.03. The molecule has 72 valence electrons. The molecule has 0 amide bonds.